The summed E-state index contributed by atoms with van der Waals surface area (Å²) in [5.41, 5.74) is 9.79. The van der Waals surface area contributed by atoms with Crippen molar-refractivity contribution in [1.82, 2.24) is 0 Å². The Morgan fingerprint density at radius 1 is 1.54 bits per heavy atom. The molecule has 1 aliphatic heterocycles. The zero-order valence-electron chi connectivity index (χ0n) is 7.92. The Kier molecular flexibility index (Phi) is 2.34. The van der Waals surface area contributed by atoms with Gasteiger partial charge in [-0.2, -0.15) is 0 Å². The highest BCUT2D eigenvalue weighted by atomic mass is 16.5. The van der Waals surface area contributed by atoms with Gasteiger partial charge in [0.05, 0.1) is 19.3 Å². The second-order valence-electron chi connectivity index (χ2n) is 3.51. The molecule has 0 fully saturated rings. The van der Waals surface area contributed by atoms with Gasteiger partial charge >= 0.3 is 0 Å². The monoisotopic (exact) mass is 177 g/mol. The number of hydrogen-bond acceptors (Lipinski definition) is 2. The van der Waals surface area contributed by atoms with Gasteiger partial charge in [-0.3, -0.25) is 0 Å². The normalized spacial score (nSPS) is 21.2. The van der Waals surface area contributed by atoms with Crippen LogP contribution in [-0.4, -0.2) is 6.61 Å². The van der Waals surface area contributed by atoms with Crippen LogP contribution in [0.1, 0.15) is 29.7 Å². The minimum absolute atomic E-state index is 0.0645. The van der Waals surface area contributed by atoms with Crippen LogP contribution in [0.5, 0.6) is 0 Å². The van der Waals surface area contributed by atoms with Gasteiger partial charge in [0, 0.05) is 0 Å². The van der Waals surface area contributed by atoms with E-state index in [-0.39, 0.29) is 6.04 Å². The molecule has 1 aromatic carbocycles. The van der Waals surface area contributed by atoms with Crippen molar-refractivity contribution < 1.29 is 4.74 Å². The molecule has 2 heteroatoms. The molecule has 2 nitrogen and oxygen atoms in total. The molecule has 0 radical (unpaired) electrons. The van der Waals surface area contributed by atoms with Crippen LogP contribution in [0, 0.1) is 0 Å². The lowest BCUT2D eigenvalue weighted by Crippen LogP contribution is -2.23. The first-order valence-electron chi connectivity index (χ1n) is 4.76. The summed E-state index contributed by atoms with van der Waals surface area (Å²) >= 11 is 0. The van der Waals surface area contributed by atoms with Crippen molar-refractivity contribution in [1.29, 1.82) is 0 Å². The van der Waals surface area contributed by atoms with Crippen LogP contribution in [0.25, 0.3) is 0 Å². The molecule has 0 saturated heterocycles. The van der Waals surface area contributed by atoms with Gasteiger partial charge in [0.15, 0.2) is 0 Å². The van der Waals surface area contributed by atoms with Crippen LogP contribution in [-0.2, 0) is 17.8 Å². The summed E-state index contributed by atoms with van der Waals surface area (Å²) in [5.74, 6) is 0. The lowest BCUT2D eigenvalue weighted by molar-refractivity contribution is 0.0923. The standard InChI is InChI=1S/C11H15NO/c1-2-8-3-4-10-9(5-8)6-13-7-11(10)12/h3-5,11H,2,6-7,12H2,1H3/t11-/m0/s1. The highest BCUT2D eigenvalue weighted by molar-refractivity contribution is 5.35. The van der Waals surface area contributed by atoms with E-state index in [9.17, 15) is 0 Å². The second-order valence-corrected chi connectivity index (χ2v) is 3.51. The van der Waals surface area contributed by atoms with Crippen molar-refractivity contribution in [3.8, 4) is 0 Å². The van der Waals surface area contributed by atoms with Crippen LogP contribution in [0.15, 0.2) is 18.2 Å². The third kappa shape index (κ3) is 1.60. The molecule has 1 aromatic rings. The van der Waals surface area contributed by atoms with Gasteiger partial charge in [-0.05, 0) is 23.1 Å². The minimum atomic E-state index is 0.0645. The summed E-state index contributed by atoms with van der Waals surface area (Å²) in [6.45, 7) is 3.53. The molecule has 0 saturated carbocycles. The first-order chi connectivity index (χ1) is 6.31. The zero-order valence-corrected chi connectivity index (χ0v) is 7.92. The number of hydrogen-bond donors (Lipinski definition) is 1. The van der Waals surface area contributed by atoms with Gasteiger partial charge in [-0.15, -0.1) is 0 Å². The first kappa shape index (κ1) is 8.73. The lowest BCUT2D eigenvalue weighted by atomic mass is 9.97. The Bertz CT molecular complexity index is 309. The number of nitrogens with two attached hydrogens (primary N) is 1. The van der Waals surface area contributed by atoms with E-state index in [0.29, 0.717) is 6.61 Å². The van der Waals surface area contributed by atoms with E-state index in [2.05, 4.69) is 25.1 Å². The van der Waals surface area contributed by atoms with Crippen molar-refractivity contribution in [2.75, 3.05) is 6.61 Å². The maximum atomic E-state index is 5.91. The second kappa shape index (κ2) is 3.48. The smallest absolute Gasteiger partial charge is 0.0721 e. The fourth-order valence-electron chi connectivity index (χ4n) is 1.75. The Morgan fingerprint density at radius 2 is 2.38 bits per heavy atom. The third-order valence-corrected chi connectivity index (χ3v) is 2.57. The Morgan fingerprint density at radius 3 is 3.15 bits per heavy atom. The Hall–Kier alpha value is -0.860. The molecule has 70 valence electrons. The summed E-state index contributed by atoms with van der Waals surface area (Å²) < 4.78 is 5.38. The molecule has 0 bridgehead atoms. The van der Waals surface area contributed by atoms with E-state index in [0.717, 1.165) is 13.0 Å². The van der Waals surface area contributed by atoms with E-state index in [1.165, 1.54) is 16.7 Å². The summed E-state index contributed by atoms with van der Waals surface area (Å²) in [5, 5.41) is 0. The molecule has 1 heterocycles. The van der Waals surface area contributed by atoms with Crippen LogP contribution in [0.3, 0.4) is 0 Å². The topological polar surface area (TPSA) is 35.2 Å². The van der Waals surface area contributed by atoms with Gasteiger partial charge in [0.1, 0.15) is 0 Å². The van der Waals surface area contributed by atoms with Gasteiger partial charge in [0.25, 0.3) is 0 Å². The first-order valence-corrected chi connectivity index (χ1v) is 4.76. The fraction of sp³-hybridized carbons (Fsp3) is 0.455. The highest BCUT2D eigenvalue weighted by Crippen LogP contribution is 2.23. The molecular weight excluding hydrogens is 162 g/mol. The van der Waals surface area contributed by atoms with E-state index in [1.54, 1.807) is 0 Å². The molecule has 0 aromatic heterocycles. The molecule has 1 aliphatic rings. The van der Waals surface area contributed by atoms with Gasteiger partial charge in [-0.1, -0.05) is 25.1 Å². The predicted molar refractivity (Wildman–Crippen MR) is 52.4 cm³/mol. The molecule has 0 spiro atoms. The van der Waals surface area contributed by atoms with Crippen LogP contribution < -0.4 is 5.73 Å². The number of rotatable bonds is 1. The maximum Gasteiger partial charge on any atom is 0.0721 e. The summed E-state index contributed by atoms with van der Waals surface area (Å²) in [6.07, 6.45) is 1.07. The molecule has 0 unspecified atom stereocenters. The Balaban J connectivity index is 2.39. The van der Waals surface area contributed by atoms with Gasteiger partial charge in [0.2, 0.25) is 0 Å². The summed E-state index contributed by atoms with van der Waals surface area (Å²) in [7, 11) is 0. The van der Waals surface area contributed by atoms with Crippen molar-refractivity contribution in [3.05, 3.63) is 34.9 Å². The molecule has 1 atom stereocenters. The summed E-state index contributed by atoms with van der Waals surface area (Å²) in [6, 6.07) is 6.56. The van der Waals surface area contributed by atoms with Crippen LogP contribution in [0.4, 0.5) is 0 Å². The van der Waals surface area contributed by atoms with Crippen molar-refractivity contribution in [2.24, 2.45) is 5.73 Å². The minimum Gasteiger partial charge on any atom is -0.375 e. The fourth-order valence-corrected chi connectivity index (χ4v) is 1.75. The molecule has 2 N–H and O–H groups in total. The average Bonchev–Trinajstić information content (AvgIpc) is 2.18. The maximum absolute atomic E-state index is 5.91. The quantitative estimate of drug-likeness (QED) is 0.709. The lowest BCUT2D eigenvalue weighted by Gasteiger charge is -2.22. The van der Waals surface area contributed by atoms with Crippen LogP contribution in [0.2, 0.25) is 0 Å². The third-order valence-electron chi connectivity index (χ3n) is 2.57. The Labute approximate surface area is 78.7 Å². The molecule has 0 aliphatic carbocycles. The molecule has 0 amide bonds. The van der Waals surface area contributed by atoms with Crippen LogP contribution >= 0.6 is 0 Å². The van der Waals surface area contributed by atoms with E-state index >= 15 is 0 Å². The highest BCUT2D eigenvalue weighted by Gasteiger charge is 2.16. The van der Waals surface area contributed by atoms with E-state index in [1.807, 2.05) is 0 Å². The van der Waals surface area contributed by atoms with Gasteiger partial charge < -0.3 is 10.5 Å². The van der Waals surface area contributed by atoms with Gasteiger partial charge in [-0.25, -0.2) is 0 Å². The number of ether oxygens (including phenoxy) is 1. The van der Waals surface area contributed by atoms with E-state index in [4.69, 9.17) is 10.5 Å². The van der Waals surface area contributed by atoms with Crippen molar-refractivity contribution >= 4 is 0 Å². The van der Waals surface area contributed by atoms with E-state index < -0.39 is 0 Å². The molecule has 2 rings (SSSR count). The average molecular weight is 177 g/mol. The summed E-state index contributed by atoms with van der Waals surface area (Å²) in [4.78, 5) is 0. The number of aryl methyl sites for hydroxylation is 1. The van der Waals surface area contributed by atoms with Crippen molar-refractivity contribution in [2.45, 2.75) is 26.0 Å². The zero-order chi connectivity index (χ0) is 9.26. The predicted octanol–water partition coefficient (Wildman–Crippen LogP) is 1.78. The molecule has 13 heavy (non-hydrogen) atoms. The number of fused-ring (bicyclic) bond motifs is 1. The van der Waals surface area contributed by atoms with Crippen molar-refractivity contribution in [3.63, 3.8) is 0 Å². The SMILES string of the molecule is CCc1ccc2c(c1)COC[C@@H]2N. The number of benzene rings is 1. The largest absolute Gasteiger partial charge is 0.375 e. The molecular formula is C11H15NO.